The largest absolute Gasteiger partial charge is 0.352 e. The van der Waals surface area contributed by atoms with E-state index in [-0.39, 0.29) is 5.91 Å². The molecule has 134 valence electrons. The molecule has 0 saturated carbocycles. The van der Waals surface area contributed by atoms with Crippen molar-refractivity contribution in [3.8, 4) is 0 Å². The van der Waals surface area contributed by atoms with Gasteiger partial charge in [0.15, 0.2) is 0 Å². The Morgan fingerprint density at radius 3 is 2.81 bits per heavy atom. The molecule has 1 amide bonds. The van der Waals surface area contributed by atoms with Crippen molar-refractivity contribution in [2.45, 2.75) is 19.8 Å². The number of amides is 1. The van der Waals surface area contributed by atoms with Gasteiger partial charge in [0.1, 0.15) is 17.0 Å². The van der Waals surface area contributed by atoms with Gasteiger partial charge in [-0.1, -0.05) is 13.0 Å². The number of carbonyl (C=O) groups excluding carboxylic acids is 1. The highest BCUT2D eigenvalue weighted by Gasteiger charge is 2.23. The van der Waals surface area contributed by atoms with Crippen LogP contribution in [0.25, 0.3) is 10.2 Å². The van der Waals surface area contributed by atoms with E-state index in [1.165, 1.54) is 4.88 Å². The van der Waals surface area contributed by atoms with E-state index in [2.05, 4.69) is 32.8 Å². The summed E-state index contributed by atoms with van der Waals surface area (Å²) in [6.45, 7) is 5.18. The summed E-state index contributed by atoms with van der Waals surface area (Å²) >= 11 is 1.73. The fourth-order valence-electron chi connectivity index (χ4n) is 3.28. The Morgan fingerprint density at radius 1 is 1.23 bits per heavy atom. The van der Waals surface area contributed by atoms with Crippen molar-refractivity contribution in [3.05, 3.63) is 47.4 Å². The number of nitrogens with zero attached hydrogens (tertiary/aromatic N) is 5. The van der Waals surface area contributed by atoms with E-state index in [4.69, 9.17) is 0 Å². The molecule has 0 aromatic carbocycles. The van der Waals surface area contributed by atoms with Crippen LogP contribution in [0.15, 0.2) is 36.9 Å². The van der Waals surface area contributed by atoms with Crippen LogP contribution in [0.1, 0.15) is 17.4 Å². The number of fused-ring (bicyclic) bond motifs is 1. The maximum atomic E-state index is 12.5. The third kappa shape index (κ3) is 3.39. The Morgan fingerprint density at radius 2 is 2.08 bits per heavy atom. The first-order valence-corrected chi connectivity index (χ1v) is 9.71. The van der Waals surface area contributed by atoms with Gasteiger partial charge in [0.2, 0.25) is 5.91 Å². The lowest BCUT2D eigenvalue weighted by Crippen LogP contribution is -2.49. The van der Waals surface area contributed by atoms with Crippen molar-refractivity contribution in [1.82, 2.24) is 19.9 Å². The van der Waals surface area contributed by atoms with Crippen molar-refractivity contribution in [3.63, 3.8) is 0 Å². The lowest BCUT2D eigenvalue weighted by atomic mass is 10.2. The molecule has 1 aliphatic heterocycles. The standard InChI is InChI=1S/C19H21N5OS/c1-2-15-11-16-18(21-13-22-19(16)26-15)24-8-6-23(7-9-24)17(25)10-14-4-3-5-20-12-14/h3-5,11-13H,2,6-10H2,1H3. The van der Waals surface area contributed by atoms with Gasteiger partial charge in [-0.15, -0.1) is 11.3 Å². The van der Waals surface area contributed by atoms with Gasteiger partial charge in [-0.05, 0) is 24.1 Å². The van der Waals surface area contributed by atoms with Crippen LogP contribution >= 0.6 is 11.3 Å². The smallest absolute Gasteiger partial charge is 0.227 e. The van der Waals surface area contributed by atoms with Crippen LogP contribution in [-0.4, -0.2) is 51.9 Å². The quantitative estimate of drug-likeness (QED) is 0.709. The molecule has 0 radical (unpaired) electrons. The topological polar surface area (TPSA) is 62.2 Å². The molecular formula is C19H21N5OS. The minimum Gasteiger partial charge on any atom is -0.352 e. The van der Waals surface area contributed by atoms with Crippen LogP contribution in [0.4, 0.5) is 5.82 Å². The molecule has 4 heterocycles. The summed E-state index contributed by atoms with van der Waals surface area (Å²) in [6.07, 6.45) is 6.55. The zero-order valence-electron chi connectivity index (χ0n) is 14.8. The predicted molar refractivity (Wildman–Crippen MR) is 104 cm³/mol. The monoisotopic (exact) mass is 367 g/mol. The van der Waals surface area contributed by atoms with Gasteiger partial charge in [0.25, 0.3) is 0 Å². The van der Waals surface area contributed by atoms with Crippen molar-refractivity contribution >= 4 is 33.3 Å². The molecule has 1 fully saturated rings. The second kappa shape index (κ2) is 7.37. The minimum atomic E-state index is 0.161. The summed E-state index contributed by atoms with van der Waals surface area (Å²) in [5, 5.41) is 1.13. The summed E-state index contributed by atoms with van der Waals surface area (Å²) in [5.41, 5.74) is 0.961. The number of aromatic nitrogens is 3. The lowest BCUT2D eigenvalue weighted by molar-refractivity contribution is -0.130. The fourth-order valence-corrected chi connectivity index (χ4v) is 4.21. The summed E-state index contributed by atoms with van der Waals surface area (Å²) in [6, 6.07) is 6.02. The number of anilines is 1. The third-order valence-corrected chi connectivity index (χ3v) is 5.91. The Hall–Kier alpha value is -2.54. The summed E-state index contributed by atoms with van der Waals surface area (Å²) < 4.78 is 0. The van der Waals surface area contributed by atoms with Crippen molar-refractivity contribution < 1.29 is 4.79 Å². The van der Waals surface area contributed by atoms with Crippen LogP contribution in [-0.2, 0) is 17.6 Å². The molecule has 3 aromatic heterocycles. The van der Waals surface area contributed by atoms with Gasteiger partial charge in [-0.2, -0.15) is 0 Å². The molecule has 0 N–H and O–H groups in total. The van der Waals surface area contributed by atoms with Crippen molar-refractivity contribution in [2.24, 2.45) is 0 Å². The zero-order valence-corrected chi connectivity index (χ0v) is 15.6. The normalized spacial score (nSPS) is 14.8. The fraction of sp³-hybridized carbons (Fsp3) is 0.368. The van der Waals surface area contributed by atoms with Crippen molar-refractivity contribution in [1.29, 1.82) is 0 Å². The molecule has 0 unspecified atom stereocenters. The minimum absolute atomic E-state index is 0.161. The van der Waals surface area contributed by atoms with E-state index in [9.17, 15) is 4.79 Å². The molecule has 0 aliphatic carbocycles. The van der Waals surface area contributed by atoms with Gasteiger partial charge in [-0.3, -0.25) is 9.78 Å². The first-order valence-electron chi connectivity index (χ1n) is 8.89. The average Bonchev–Trinajstić information content (AvgIpc) is 3.12. The van der Waals surface area contributed by atoms with Crippen LogP contribution in [0.5, 0.6) is 0 Å². The van der Waals surface area contributed by atoms with Gasteiger partial charge in [-0.25, -0.2) is 9.97 Å². The molecule has 3 aromatic rings. The number of hydrogen-bond donors (Lipinski definition) is 0. The highest BCUT2D eigenvalue weighted by molar-refractivity contribution is 7.18. The molecular weight excluding hydrogens is 346 g/mol. The Balaban J connectivity index is 1.44. The third-order valence-electron chi connectivity index (χ3n) is 4.72. The summed E-state index contributed by atoms with van der Waals surface area (Å²) in [4.78, 5) is 32.1. The Kier molecular flexibility index (Phi) is 4.79. The number of rotatable bonds is 4. The molecule has 7 heteroatoms. The second-order valence-corrected chi connectivity index (χ2v) is 7.50. The van der Waals surface area contributed by atoms with Crippen LogP contribution in [0.3, 0.4) is 0 Å². The molecule has 1 aliphatic rings. The first kappa shape index (κ1) is 16.9. The first-order chi connectivity index (χ1) is 12.7. The van der Waals surface area contributed by atoms with Gasteiger partial charge >= 0.3 is 0 Å². The van der Waals surface area contributed by atoms with Crippen LogP contribution in [0.2, 0.25) is 0 Å². The number of hydrogen-bond acceptors (Lipinski definition) is 6. The SMILES string of the molecule is CCc1cc2c(N3CCN(C(=O)Cc4cccnc4)CC3)ncnc2s1. The maximum Gasteiger partial charge on any atom is 0.227 e. The molecule has 0 spiro atoms. The van der Waals surface area contributed by atoms with Crippen LogP contribution in [0, 0.1) is 0 Å². The van der Waals surface area contributed by atoms with E-state index in [1.807, 2.05) is 17.0 Å². The average molecular weight is 367 g/mol. The van der Waals surface area contributed by atoms with E-state index in [0.29, 0.717) is 6.42 Å². The molecule has 6 nitrogen and oxygen atoms in total. The van der Waals surface area contributed by atoms with Crippen LogP contribution < -0.4 is 4.90 Å². The summed E-state index contributed by atoms with van der Waals surface area (Å²) in [5.74, 6) is 1.15. The van der Waals surface area contributed by atoms with E-state index in [0.717, 1.165) is 54.2 Å². The number of aryl methyl sites for hydroxylation is 1. The van der Waals surface area contributed by atoms with Crippen molar-refractivity contribution in [2.75, 3.05) is 31.1 Å². The molecule has 26 heavy (non-hydrogen) atoms. The number of carbonyl (C=O) groups is 1. The Labute approximate surface area is 156 Å². The van der Waals surface area contributed by atoms with E-state index in [1.54, 1.807) is 30.1 Å². The number of thiophene rings is 1. The maximum absolute atomic E-state index is 12.5. The molecule has 1 saturated heterocycles. The summed E-state index contributed by atoms with van der Waals surface area (Å²) in [7, 11) is 0. The second-order valence-electron chi connectivity index (χ2n) is 6.39. The lowest BCUT2D eigenvalue weighted by Gasteiger charge is -2.35. The Bertz CT molecular complexity index is 903. The highest BCUT2D eigenvalue weighted by atomic mass is 32.1. The van der Waals surface area contributed by atoms with E-state index >= 15 is 0 Å². The predicted octanol–water partition coefficient (Wildman–Crippen LogP) is 2.54. The molecule has 0 bridgehead atoms. The molecule has 0 atom stereocenters. The number of pyridine rings is 1. The number of piperazine rings is 1. The van der Waals surface area contributed by atoms with Gasteiger partial charge in [0, 0.05) is 43.4 Å². The van der Waals surface area contributed by atoms with Gasteiger partial charge < -0.3 is 9.80 Å². The van der Waals surface area contributed by atoms with Gasteiger partial charge in [0.05, 0.1) is 11.8 Å². The zero-order chi connectivity index (χ0) is 17.9. The van der Waals surface area contributed by atoms with E-state index < -0.39 is 0 Å². The molecule has 4 rings (SSSR count). The highest BCUT2D eigenvalue weighted by Crippen LogP contribution is 2.30.